The summed E-state index contributed by atoms with van der Waals surface area (Å²) < 4.78 is 0. The first-order valence-corrected chi connectivity index (χ1v) is 8.07. The van der Waals surface area contributed by atoms with Gasteiger partial charge in [-0.25, -0.2) is 9.97 Å². The quantitative estimate of drug-likeness (QED) is 0.870. The van der Waals surface area contributed by atoms with Gasteiger partial charge in [0.1, 0.15) is 5.69 Å². The predicted octanol–water partition coefficient (Wildman–Crippen LogP) is 4.32. The Balaban J connectivity index is 2.34. The molecule has 0 spiro atoms. The first-order valence-electron chi connectivity index (χ1n) is 7.32. The zero-order valence-electron chi connectivity index (χ0n) is 13.2. The molecule has 0 fully saturated rings. The van der Waals surface area contributed by atoms with Crippen LogP contribution in [0.1, 0.15) is 30.0 Å². The summed E-state index contributed by atoms with van der Waals surface area (Å²) in [5, 5.41) is 3.83. The van der Waals surface area contributed by atoms with Crippen LogP contribution in [0.2, 0.25) is 10.0 Å². The van der Waals surface area contributed by atoms with Gasteiger partial charge < -0.3 is 10.2 Å². The highest BCUT2D eigenvalue weighted by Crippen LogP contribution is 2.31. The van der Waals surface area contributed by atoms with Crippen molar-refractivity contribution in [2.45, 2.75) is 20.8 Å². The van der Waals surface area contributed by atoms with Crippen molar-refractivity contribution in [3.63, 3.8) is 0 Å². The minimum Gasteiger partial charge on any atom is -0.338 e. The van der Waals surface area contributed by atoms with Crippen LogP contribution in [0, 0.1) is 6.92 Å². The number of rotatable bonds is 5. The summed E-state index contributed by atoms with van der Waals surface area (Å²) >= 11 is 12.2. The molecule has 1 heterocycles. The van der Waals surface area contributed by atoms with Crippen molar-refractivity contribution in [3.8, 4) is 0 Å². The van der Waals surface area contributed by atoms with E-state index in [0.717, 1.165) is 0 Å². The summed E-state index contributed by atoms with van der Waals surface area (Å²) in [4.78, 5) is 22.8. The van der Waals surface area contributed by atoms with Gasteiger partial charge in [-0.1, -0.05) is 29.3 Å². The third kappa shape index (κ3) is 4.12. The molecule has 2 rings (SSSR count). The molecule has 7 heteroatoms. The SMILES string of the molecule is CCN(CC)C(=O)c1cc(C)nc(Nc2cccc(Cl)c2Cl)n1. The molecule has 1 amide bonds. The molecule has 0 aliphatic rings. The Bertz CT molecular complexity index is 717. The molecule has 0 radical (unpaired) electrons. The van der Waals surface area contributed by atoms with Crippen molar-refractivity contribution < 1.29 is 4.79 Å². The second-order valence-corrected chi connectivity index (χ2v) is 5.71. The topological polar surface area (TPSA) is 58.1 Å². The van der Waals surface area contributed by atoms with Crippen molar-refractivity contribution >= 4 is 40.7 Å². The Labute approximate surface area is 145 Å². The average Bonchev–Trinajstić information content (AvgIpc) is 2.52. The van der Waals surface area contributed by atoms with E-state index in [1.807, 2.05) is 20.8 Å². The molecule has 5 nitrogen and oxygen atoms in total. The lowest BCUT2D eigenvalue weighted by atomic mass is 10.3. The predicted molar refractivity (Wildman–Crippen MR) is 93.8 cm³/mol. The maximum absolute atomic E-state index is 12.4. The molecular weight excluding hydrogens is 335 g/mol. The monoisotopic (exact) mass is 352 g/mol. The van der Waals surface area contributed by atoms with Gasteiger partial charge in [0, 0.05) is 18.8 Å². The number of halogens is 2. The Morgan fingerprint density at radius 1 is 1.22 bits per heavy atom. The van der Waals surface area contributed by atoms with Crippen molar-refractivity contribution in [3.05, 3.63) is 45.7 Å². The second-order valence-electron chi connectivity index (χ2n) is 4.92. The van der Waals surface area contributed by atoms with Crippen LogP contribution in [0.25, 0.3) is 0 Å². The number of aryl methyl sites for hydroxylation is 1. The number of carbonyl (C=O) groups is 1. The third-order valence-electron chi connectivity index (χ3n) is 3.32. The van der Waals surface area contributed by atoms with E-state index in [1.54, 1.807) is 29.2 Å². The Morgan fingerprint density at radius 2 is 1.91 bits per heavy atom. The van der Waals surface area contributed by atoms with Gasteiger partial charge in [0.2, 0.25) is 5.95 Å². The molecule has 0 bridgehead atoms. The van der Waals surface area contributed by atoms with Gasteiger partial charge in [0.15, 0.2) is 0 Å². The number of hydrogen-bond donors (Lipinski definition) is 1. The average molecular weight is 353 g/mol. The Hall–Kier alpha value is -1.85. The van der Waals surface area contributed by atoms with Gasteiger partial charge in [-0.2, -0.15) is 0 Å². The summed E-state index contributed by atoms with van der Waals surface area (Å²) in [6.45, 7) is 6.93. The minimum atomic E-state index is -0.124. The molecule has 0 atom stereocenters. The van der Waals surface area contributed by atoms with Crippen LogP contribution in [0.4, 0.5) is 11.6 Å². The molecule has 0 saturated heterocycles. The highest BCUT2D eigenvalue weighted by atomic mass is 35.5. The highest BCUT2D eigenvalue weighted by Gasteiger charge is 2.16. The van der Waals surface area contributed by atoms with E-state index < -0.39 is 0 Å². The van der Waals surface area contributed by atoms with Gasteiger partial charge in [-0.05, 0) is 39.0 Å². The Morgan fingerprint density at radius 3 is 2.57 bits per heavy atom. The summed E-state index contributed by atoms with van der Waals surface area (Å²) in [7, 11) is 0. The second kappa shape index (κ2) is 7.62. The summed E-state index contributed by atoms with van der Waals surface area (Å²) in [6.07, 6.45) is 0. The molecule has 1 aromatic heterocycles. The highest BCUT2D eigenvalue weighted by molar-refractivity contribution is 6.43. The fourth-order valence-corrected chi connectivity index (χ4v) is 2.48. The maximum Gasteiger partial charge on any atom is 0.272 e. The van der Waals surface area contributed by atoms with Gasteiger partial charge >= 0.3 is 0 Å². The summed E-state index contributed by atoms with van der Waals surface area (Å²) in [5.74, 6) is 0.186. The van der Waals surface area contributed by atoms with Gasteiger partial charge in [0.05, 0.1) is 15.7 Å². The molecule has 122 valence electrons. The Kier molecular flexibility index (Phi) is 5.80. The molecule has 0 aliphatic carbocycles. The number of benzene rings is 1. The molecule has 0 saturated carbocycles. The molecule has 0 unspecified atom stereocenters. The van der Waals surface area contributed by atoms with Crippen molar-refractivity contribution in [2.24, 2.45) is 0 Å². The van der Waals surface area contributed by atoms with Crippen LogP contribution in [-0.4, -0.2) is 33.9 Å². The largest absolute Gasteiger partial charge is 0.338 e. The van der Waals surface area contributed by atoms with Crippen molar-refractivity contribution in [1.29, 1.82) is 0 Å². The zero-order chi connectivity index (χ0) is 17.0. The lowest BCUT2D eigenvalue weighted by molar-refractivity contribution is 0.0767. The maximum atomic E-state index is 12.4. The fourth-order valence-electron chi connectivity index (χ4n) is 2.13. The molecule has 23 heavy (non-hydrogen) atoms. The van der Waals surface area contributed by atoms with E-state index in [9.17, 15) is 4.79 Å². The van der Waals surface area contributed by atoms with E-state index in [2.05, 4.69) is 15.3 Å². The first kappa shape index (κ1) is 17.5. The number of amides is 1. The molecule has 1 N–H and O–H groups in total. The van der Waals surface area contributed by atoms with Crippen LogP contribution in [0.5, 0.6) is 0 Å². The number of carbonyl (C=O) groups excluding carboxylic acids is 1. The van der Waals surface area contributed by atoms with E-state index >= 15 is 0 Å². The van der Waals surface area contributed by atoms with Gasteiger partial charge in [-0.3, -0.25) is 4.79 Å². The van der Waals surface area contributed by atoms with Crippen molar-refractivity contribution in [2.75, 3.05) is 18.4 Å². The van der Waals surface area contributed by atoms with Gasteiger partial charge in [-0.15, -0.1) is 0 Å². The van der Waals surface area contributed by atoms with Crippen LogP contribution in [0.15, 0.2) is 24.3 Å². The third-order valence-corrected chi connectivity index (χ3v) is 4.14. The smallest absolute Gasteiger partial charge is 0.272 e. The van der Waals surface area contributed by atoms with Gasteiger partial charge in [0.25, 0.3) is 5.91 Å². The fraction of sp³-hybridized carbons (Fsp3) is 0.312. The minimum absolute atomic E-state index is 0.124. The first-order chi connectivity index (χ1) is 11.0. The number of anilines is 2. The van der Waals surface area contributed by atoms with E-state index in [1.165, 1.54) is 0 Å². The van der Waals surface area contributed by atoms with E-state index in [0.29, 0.717) is 46.2 Å². The van der Waals surface area contributed by atoms with Crippen LogP contribution in [-0.2, 0) is 0 Å². The lowest BCUT2D eigenvalue weighted by Crippen LogP contribution is -2.31. The molecule has 1 aromatic carbocycles. The number of hydrogen-bond acceptors (Lipinski definition) is 4. The normalized spacial score (nSPS) is 10.5. The summed E-state index contributed by atoms with van der Waals surface area (Å²) in [5.41, 5.74) is 1.63. The molecular formula is C16H18Cl2N4O. The van der Waals surface area contributed by atoms with Crippen LogP contribution in [0.3, 0.4) is 0 Å². The van der Waals surface area contributed by atoms with Crippen molar-refractivity contribution in [1.82, 2.24) is 14.9 Å². The molecule has 0 aliphatic heterocycles. The lowest BCUT2D eigenvalue weighted by Gasteiger charge is -2.18. The number of aromatic nitrogens is 2. The van der Waals surface area contributed by atoms with E-state index in [4.69, 9.17) is 23.2 Å². The standard InChI is InChI=1S/C16H18Cl2N4O/c1-4-22(5-2)15(23)13-9-10(3)19-16(21-13)20-12-8-6-7-11(17)14(12)18/h6-9H,4-5H2,1-3H3,(H,19,20,21). The zero-order valence-corrected chi connectivity index (χ0v) is 14.7. The summed E-state index contributed by atoms with van der Waals surface area (Å²) in [6, 6.07) is 6.91. The van der Waals surface area contributed by atoms with Crippen LogP contribution < -0.4 is 5.32 Å². The molecule has 2 aromatic rings. The number of nitrogens with one attached hydrogen (secondary N) is 1. The van der Waals surface area contributed by atoms with Crippen LogP contribution >= 0.6 is 23.2 Å². The van der Waals surface area contributed by atoms with E-state index in [-0.39, 0.29) is 5.91 Å². The number of nitrogens with zero attached hydrogens (tertiary/aromatic N) is 3.